The number of aromatic nitrogens is 2. The molecule has 0 aliphatic carbocycles. The summed E-state index contributed by atoms with van der Waals surface area (Å²) in [5.41, 5.74) is 5.90. The number of nitrogen functional groups attached to an aromatic ring is 1. The van der Waals surface area contributed by atoms with Gasteiger partial charge in [-0.1, -0.05) is 18.2 Å². The Morgan fingerprint density at radius 1 is 1.57 bits per heavy atom. The largest absolute Gasteiger partial charge is 0.462 e. The molecule has 1 aromatic rings. The molecule has 1 atom stereocenters. The topological polar surface area (TPSA) is 107 Å². The number of nitrogens with two attached hydrogens (primary N) is 1. The molecule has 0 radical (unpaired) electrons. The van der Waals surface area contributed by atoms with Gasteiger partial charge >= 0.3 is 5.97 Å². The van der Waals surface area contributed by atoms with E-state index in [2.05, 4.69) is 15.3 Å². The standard InChI is InChI=1S/C13H18N4O3S/c1-2-20-12(19)8-7-16-13(17-10(8)14)21-9-5-3-4-6-15-11(9)18/h7,9H,2-6H2,1H3,(H,15,18)(H2,14,16,17)/t9-/m0/s1. The Morgan fingerprint density at radius 3 is 3.10 bits per heavy atom. The molecule has 1 saturated heterocycles. The second-order valence-electron chi connectivity index (χ2n) is 4.57. The zero-order valence-electron chi connectivity index (χ0n) is 11.8. The van der Waals surface area contributed by atoms with Gasteiger partial charge in [0.2, 0.25) is 5.91 Å². The van der Waals surface area contributed by atoms with Gasteiger partial charge in [-0.05, 0) is 19.8 Å². The highest BCUT2D eigenvalue weighted by Gasteiger charge is 2.23. The Morgan fingerprint density at radius 2 is 2.38 bits per heavy atom. The summed E-state index contributed by atoms with van der Waals surface area (Å²) < 4.78 is 4.86. The van der Waals surface area contributed by atoms with E-state index in [1.54, 1.807) is 6.92 Å². The zero-order chi connectivity index (χ0) is 15.2. The van der Waals surface area contributed by atoms with Crippen molar-refractivity contribution in [1.82, 2.24) is 15.3 Å². The molecular weight excluding hydrogens is 292 g/mol. The SMILES string of the molecule is CCOC(=O)c1cnc(S[C@H]2CCCCNC2=O)nc1N. The molecule has 1 fully saturated rings. The van der Waals surface area contributed by atoms with E-state index in [-0.39, 0.29) is 29.1 Å². The van der Waals surface area contributed by atoms with Crippen LogP contribution in [0.4, 0.5) is 5.82 Å². The van der Waals surface area contributed by atoms with E-state index in [9.17, 15) is 9.59 Å². The average molecular weight is 310 g/mol. The fourth-order valence-electron chi connectivity index (χ4n) is 1.95. The van der Waals surface area contributed by atoms with Gasteiger partial charge in [-0.2, -0.15) is 0 Å². The summed E-state index contributed by atoms with van der Waals surface area (Å²) in [4.78, 5) is 31.7. The minimum absolute atomic E-state index is 0.00543. The summed E-state index contributed by atoms with van der Waals surface area (Å²) in [5.74, 6) is -0.479. The molecule has 0 unspecified atom stereocenters. The molecule has 8 heteroatoms. The van der Waals surface area contributed by atoms with E-state index in [0.29, 0.717) is 11.7 Å². The van der Waals surface area contributed by atoms with Crippen molar-refractivity contribution in [1.29, 1.82) is 0 Å². The van der Waals surface area contributed by atoms with Crippen molar-refractivity contribution >= 4 is 29.5 Å². The summed E-state index contributed by atoms with van der Waals surface area (Å²) in [7, 11) is 0. The highest BCUT2D eigenvalue weighted by atomic mass is 32.2. The highest BCUT2D eigenvalue weighted by Crippen LogP contribution is 2.26. The number of nitrogens with one attached hydrogen (secondary N) is 1. The molecule has 2 heterocycles. The molecular formula is C13H18N4O3S. The van der Waals surface area contributed by atoms with Crippen molar-refractivity contribution in [2.45, 2.75) is 36.6 Å². The minimum Gasteiger partial charge on any atom is -0.462 e. The lowest BCUT2D eigenvalue weighted by Crippen LogP contribution is -2.30. The van der Waals surface area contributed by atoms with E-state index in [4.69, 9.17) is 10.5 Å². The predicted octanol–water partition coefficient (Wildman–Crippen LogP) is 0.996. The number of carbonyl (C=O) groups is 2. The number of ether oxygens (including phenoxy) is 1. The first-order chi connectivity index (χ1) is 10.1. The number of amides is 1. The van der Waals surface area contributed by atoms with Crippen molar-refractivity contribution in [3.05, 3.63) is 11.8 Å². The van der Waals surface area contributed by atoms with E-state index in [1.165, 1.54) is 18.0 Å². The van der Waals surface area contributed by atoms with Gasteiger partial charge in [0.1, 0.15) is 11.4 Å². The van der Waals surface area contributed by atoms with Crippen LogP contribution < -0.4 is 11.1 Å². The van der Waals surface area contributed by atoms with Crippen LogP contribution in [-0.4, -0.2) is 40.2 Å². The van der Waals surface area contributed by atoms with Gasteiger partial charge < -0.3 is 15.8 Å². The number of hydrogen-bond acceptors (Lipinski definition) is 7. The van der Waals surface area contributed by atoms with Crippen molar-refractivity contribution < 1.29 is 14.3 Å². The quantitative estimate of drug-likeness (QED) is 0.631. The molecule has 0 bridgehead atoms. The summed E-state index contributed by atoms with van der Waals surface area (Å²) in [6.07, 6.45) is 4.08. The smallest absolute Gasteiger partial charge is 0.343 e. The van der Waals surface area contributed by atoms with Crippen molar-refractivity contribution in [2.24, 2.45) is 0 Å². The molecule has 1 aliphatic heterocycles. The number of anilines is 1. The fourth-order valence-corrected chi connectivity index (χ4v) is 2.95. The number of rotatable bonds is 4. The fraction of sp³-hybridized carbons (Fsp3) is 0.538. The lowest BCUT2D eigenvalue weighted by Gasteiger charge is -2.12. The van der Waals surface area contributed by atoms with Gasteiger partial charge in [-0.25, -0.2) is 14.8 Å². The number of hydrogen-bond donors (Lipinski definition) is 2. The van der Waals surface area contributed by atoms with Gasteiger partial charge in [0.05, 0.1) is 11.9 Å². The van der Waals surface area contributed by atoms with E-state index in [1.807, 2.05) is 0 Å². The van der Waals surface area contributed by atoms with Crippen molar-refractivity contribution in [3.63, 3.8) is 0 Å². The van der Waals surface area contributed by atoms with Crippen LogP contribution in [-0.2, 0) is 9.53 Å². The van der Waals surface area contributed by atoms with E-state index < -0.39 is 5.97 Å². The molecule has 3 N–H and O–H groups in total. The number of nitrogens with zero attached hydrogens (tertiary/aromatic N) is 2. The van der Waals surface area contributed by atoms with Crippen LogP contribution in [0, 0.1) is 0 Å². The number of thioether (sulfide) groups is 1. The monoisotopic (exact) mass is 310 g/mol. The third-order valence-corrected chi connectivity index (χ3v) is 4.17. The molecule has 1 aliphatic rings. The first-order valence-corrected chi connectivity index (χ1v) is 7.73. The van der Waals surface area contributed by atoms with Crippen LogP contribution in [0.25, 0.3) is 0 Å². The Hall–Kier alpha value is -1.83. The van der Waals surface area contributed by atoms with Gasteiger partial charge in [0, 0.05) is 12.7 Å². The Kier molecular flexibility index (Phi) is 5.38. The Labute approximate surface area is 127 Å². The normalized spacial score (nSPS) is 18.7. The molecule has 7 nitrogen and oxygen atoms in total. The summed E-state index contributed by atoms with van der Waals surface area (Å²) >= 11 is 1.27. The van der Waals surface area contributed by atoms with Crippen LogP contribution in [0.5, 0.6) is 0 Å². The molecule has 21 heavy (non-hydrogen) atoms. The van der Waals surface area contributed by atoms with E-state index >= 15 is 0 Å². The van der Waals surface area contributed by atoms with E-state index in [0.717, 1.165) is 19.3 Å². The first kappa shape index (κ1) is 15.6. The minimum atomic E-state index is -0.543. The third-order valence-electron chi connectivity index (χ3n) is 3.02. The van der Waals surface area contributed by atoms with Crippen LogP contribution in [0.2, 0.25) is 0 Å². The molecule has 0 spiro atoms. The summed E-state index contributed by atoms with van der Waals surface area (Å²) in [6.45, 7) is 2.68. The maximum atomic E-state index is 11.9. The maximum Gasteiger partial charge on any atom is 0.343 e. The average Bonchev–Trinajstić information content (AvgIpc) is 2.64. The zero-order valence-corrected chi connectivity index (χ0v) is 12.6. The second-order valence-corrected chi connectivity index (χ2v) is 5.74. The lowest BCUT2D eigenvalue weighted by molar-refractivity contribution is -0.120. The predicted molar refractivity (Wildman–Crippen MR) is 78.9 cm³/mol. The molecule has 1 aromatic heterocycles. The Bertz CT molecular complexity index is 538. The van der Waals surface area contributed by atoms with Gasteiger partial charge in [0.15, 0.2) is 5.16 Å². The Balaban J connectivity index is 2.09. The summed E-state index contributed by atoms with van der Waals surface area (Å²) in [5, 5.41) is 3.02. The third kappa shape index (κ3) is 4.07. The number of carbonyl (C=O) groups excluding carboxylic acids is 2. The van der Waals surface area contributed by atoms with Crippen LogP contribution in [0.15, 0.2) is 11.4 Å². The van der Waals surface area contributed by atoms with Gasteiger partial charge in [-0.15, -0.1) is 0 Å². The van der Waals surface area contributed by atoms with Crippen LogP contribution >= 0.6 is 11.8 Å². The molecule has 0 saturated carbocycles. The lowest BCUT2D eigenvalue weighted by atomic mass is 10.2. The van der Waals surface area contributed by atoms with Crippen molar-refractivity contribution in [2.75, 3.05) is 18.9 Å². The highest BCUT2D eigenvalue weighted by molar-refractivity contribution is 8.00. The van der Waals surface area contributed by atoms with Gasteiger partial charge in [-0.3, -0.25) is 4.79 Å². The number of esters is 1. The van der Waals surface area contributed by atoms with Crippen LogP contribution in [0.3, 0.4) is 0 Å². The molecule has 114 valence electrons. The van der Waals surface area contributed by atoms with Gasteiger partial charge in [0.25, 0.3) is 0 Å². The molecule has 1 amide bonds. The first-order valence-electron chi connectivity index (χ1n) is 6.85. The maximum absolute atomic E-state index is 11.9. The summed E-state index contributed by atoms with van der Waals surface area (Å²) in [6, 6.07) is 0. The van der Waals surface area contributed by atoms with Crippen molar-refractivity contribution in [3.8, 4) is 0 Å². The second kappa shape index (κ2) is 7.26. The molecule has 2 rings (SSSR count). The molecule has 0 aromatic carbocycles. The van der Waals surface area contributed by atoms with Crippen LogP contribution in [0.1, 0.15) is 36.5 Å².